The van der Waals surface area contributed by atoms with Crippen molar-refractivity contribution in [3.63, 3.8) is 0 Å². The summed E-state index contributed by atoms with van der Waals surface area (Å²) >= 11 is 0. The van der Waals surface area contributed by atoms with Crippen LogP contribution in [-0.4, -0.2) is 35.2 Å². The first kappa shape index (κ1) is 12.3. The van der Waals surface area contributed by atoms with Crippen LogP contribution in [0.2, 0.25) is 0 Å². The van der Waals surface area contributed by atoms with E-state index in [9.17, 15) is 9.90 Å². The summed E-state index contributed by atoms with van der Waals surface area (Å²) in [4.78, 5) is 12.7. The van der Waals surface area contributed by atoms with E-state index in [0.717, 1.165) is 19.4 Å². The molecule has 0 aromatic carbocycles. The lowest BCUT2D eigenvalue weighted by atomic mass is 9.93. The molecule has 88 valence electrons. The van der Waals surface area contributed by atoms with Gasteiger partial charge in [0.2, 0.25) is 0 Å². The van der Waals surface area contributed by atoms with Crippen LogP contribution in [0.25, 0.3) is 0 Å². The molecule has 0 radical (unpaired) electrons. The minimum Gasteiger partial charge on any atom is -0.530 e. The number of carbonyl (C=O) groups is 1. The maximum atomic E-state index is 11.2. The van der Waals surface area contributed by atoms with E-state index in [4.69, 9.17) is 0 Å². The van der Waals surface area contributed by atoms with Crippen molar-refractivity contribution in [2.24, 2.45) is 0 Å². The number of carboxylic acid groups (broad SMARTS) is 1. The number of nitrogens with one attached hydrogen (secondary N) is 1. The van der Waals surface area contributed by atoms with Crippen LogP contribution in [0.15, 0.2) is 0 Å². The van der Waals surface area contributed by atoms with Gasteiger partial charge in [-0.15, -0.1) is 0 Å². The van der Waals surface area contributed by atoms with E-state index in [1.54, 1.807) is 0 Å². The fourth-order valence-corrected chi connectivity index (χ4v) is 2.29. The molecule has 4 nitrogen and oxygen atoms in total. The van der Waals surface area contributed by atoms with E-state index in [1.807, 2.05) is 27.7 Å². The summed E-state index contributed by atoms with van der Waals surface area (Å²) in [5.74, 6) is 0. The first-order chi connectivity index (χ1) is 6.84. The van der Waals surface area contributed by atoms with E-state index in [2.05, 4.69) is 5.32 Å². The summed E-state index contributed by atoms with van der Waals surface area (Å²) in [7, 11) is 0. The predicted octanol–water partition coefficient (Wildman–Crippen LogP) is 0.571. The van der Waals surface area contributed by atoms with Crippen molar-refractivity contribution in [1.29, 1.82) is 0 Å². The van der Waals surface area contributed by atoms with E-state index in [1.165, 1.54) is 4.90 Å². The number of piperidine rings is 1. The molecule has 0 aliphatic carbocycles. The van der Waals surface area contributed by atoms with Crippen molar-refractivity contribution in [3.05, 3.63) is 0 Å². The smallest absolute Gasteiger partial charge is 0.137 e. The van der Waals surface area contributed by atoms with Crippen LogP contribution >= 0.6 is 0 Å². The van der Waals surface area contributed by atoms with E-state index in [-0.39, 0.29) is 12.1 Å². The minimum absolute atomic E-state index is 0.0312. The highest BCUT2D eigenvalue weighted by Crippen LogP contribution is 2.23. The maximum absolute atomic E-state index is 11.2. The molecule has 1 N–H and O–H groups in total. The normalized spacial score (nSPS) is 27.5. The molecular weight excluding hydrogens is 192 g/mol. The predicted molar refractivity (Wildman–Crippen MR) is 57.5 cm³/mol. The van der Waals surface area contributed by atoms with E-state index >= 15 is 0 Å². The summed E-state index contributed by atoms with van der Waals surface area (Å²) < 4.78 is 0. The van der Waals surface area contributed by atoms with Gasteiger partial charge in [-0.3, -0.25) is 0 Å². The molecular formula is C11H21N2O2-. The maximum Gasteiger partial charge on any atom is 0.137 e. The van der Waals surface area contributed by atoms with Crippen molar-refractivity contribution in [1.82, 2.24) is 10.2 Å². The zero-order valence-corrected chi connectivity index (χ0v) is 10.0. The van der Waals surface area contributed by atoms with Gasteiger partial charge in [-0.05, 0) is 47.1 Å². The van der Waals surface area contributed by atoms with Crippen LogP contribution in [0.4, 0.5) is 4.79 Å². The topological polar surface area (TPSA) is 55.4 Å². The van der Waals surface area contributed by atoms with Gasteiger partial charge in [-0.25, -0.2) is 0 Å². The third kappa shape index (κ3) is 2.84. The number of amides is 1. The quantitative estimate of drug-likeness (QED) is 0.693. The largest absolute Gasteiger partial charge is 0.530 e. The van der Waals surface area contributed by atoms with Gasteiger partial charge < -0.3 is 20.1 Å². The van der Waals surface area contributed by atoms with Crippen LogP contribution < -0.4 is 10.4 Å². The number of carbonyl (C=O) groups excluding carboxylic acids is 1. The summed E-state index contributed by atoms with van der Waals surface area (Å²) in [5.41, 5.74) is -0.392. The summed E-state index contributed by atoms with van der Waals surface area (Å²) in [6.07, 6.45) is 0.872. The molecule has 2 unspecified atom stereocenters. The molecule has 0 saturated carbocycles. The van der Waals surface area contributed by atoms with Gasteiger partial charge in [0.15, 0.2) is 0 Å². The molecule has 1 fully saturated rings. The second-order valence-corrected chi connectivity index (χ2v) is 5.26. The average molecular weight is 213 g/mol. The van der Waals surface area contributed by atoms with Crippen molar-refractivity contribution in [2.75, 3.05) is 6.54 Å². The Balaban J connectivity index is 2.83. The number of nitrogens with zero attached hydrogens (tertiary/aromatic N) is 1. The molecule has 1 saturated heterocycles. The zero-order chi connectivity index (χ0) is 11.6. The molecule has 1 aliphatic heterocycles. The Morgan fingerprint density at radius 1 is 1.47 bits per heavy atom. The molecule has 0 bridgehead atoms. The van der Waals surface area contributed by atoms with Gasteiger partial charge in [0.25, 0.3) is 0 Å². The Bertz CT molecular complexity index is 235. The highest BCUT2D eigenvalue weighted by molar-refractivity contribution is 5.64. The van der Waals surface area contributed by atoms with Crippen molar-refractivity contribution in [3.8, 4) is 0 Å². The van der Waals surface area contributed by atoms with Crippen LogP contribution in [0.3, 0.4) is 0 Å². The van der Waals surface area contributed by atoms with Crippen molar-refractivity contribution < 1.29 is 9.90 Å². The van der Waals surface area contributed by atoms with Gasteiger partial charge >= 0.3 is 0 Å². The second kappa shape index (κ2) is 4.39. The molecule has 2 atom stereocenters. The minimum atomic E-state index is -1.07. The molecule has 4 heteroatoms. The summed E-state index contributed by atoms with van der Waals surface area (Å²) in [5, 5.41) is 14.5. The molecule has 1 heterocycles. The SMILES string of the molecule is CC1NCCCC1N(C(=O)[O-])C(C)(C)C. The van der Waals surface area contributed by atoms with Gasteiger partial charge in [-0.1, -0.05) is 0 Å². The molecule has 0 spiro atoms. The fraction of sp³-hybridized carbons (Fsp3) is 0.909. The third-order valence-corrected chi connectivity index (χ3v) is 2.97. The monoisotopic (exact) mass is 213 g/mol. The Morgan fingerprint density at radius 2 is 2.07 bits per heavy atom. The van der Waals surface area contributed by atoms with Crippen molar-refractivity contribution >= 4 is 6.09 Å². The number of rotatable bonds is 1. The molecule has 1 amide bonds. The highest BCUT2D eigenvalue weighted by atomic mass is 16.4. The van der Waals surface area contributed by atoms with Gasteiger partial charge in [-0.2, -0.15) is 0 Å². The van der Waals surface area contributed by atoms with Crippen LogP contribution in [0.5, 0.6) is 0 Å². The van der Waals surface area contributed by atoms with Crippen LogP contribution in [0, 0.1) is 0 Å². The Hall–Kier alpha value is -0.770. The standard InChI is InChI=1S/C11H22N2O2/c1-8-9(6-5-7-12-8)13(10(14)15)11(2,3)4/h8-9,12H,5-7H2,1-4H3,(H,14,15)/p-1. The van der Waals surface area contributed by atoms with Crippen LogP contribution in [-0.2, 0) is 0 Å². The Kier molecular flexibility index (Phi) is 3.60. The summed E-state index contributed by atoms with van der Waals surface area (Å²) in [6, 6.07) is 0.236. The Labute approximate surface area is 91.6 Å². The van der Waals surface area contributed by atoms with Crippen LogP contribution in [0.1, 0.15) is 40.5 Å². The van der Waals surface area contributed by atoms with Gasteiger partial charge in [0, 0.05) is 17.6 Å². The summed E-state index contributed by atoms with van der Waals surface area (Å²) in [6.45, 7) is 8.73. The molecule has 1 aliphatic rings. The third-order valence-electron chi connectivity index (χ3n) is 2.97. The lowest BCUT2D eigenvalue weighted by Gasteiger charge is -2.48. The lowest BCUT2D eigenvalue weighted by Crippen LogP contribution is -2.62. The van der Waals surface area contributed by atoms with Crippen molar-refractivity contribution in [2.45, 2.75) is 58.2 Å². The molecule has 0 aromatic heterocycles. The van der Waals surface area contributed by atoms with Gasteiger partial charge in [0.1, 0.15) is 6.09 Å². The molecule has 0 aromatic rings. The number of hydrogen-bond donors (Lipinski definition) is 1. The highest BCUT2D eigenvalue weighted by Gasteiger charge is 2.33. The van der Waals surface area contributed by atoms with E-state index < -0.39 is 11.6 Å². The van der Waals surface area contributed by atoms with E-state index in [0.29, 0.717) is 0 Å². The van der Waals surface area contributed by atoms with Gasteiger partial charge in [0.05, 0.1) is 0 Å². The first-order valence-corrected chi connectivity index (χ1v) is 5.57. The molecule has 1 rings (SSSR count). The zero-order valence-electron chi connectivity index (χ0n) is 10.0. The lowest BCUT2D eigenvalue weighted by molar-refractivity contribution is -0.274. The average Bonchev–Trinajstić information content (AvgIpc) is 2.05. The number of hydrogen-bond acceptors (Lipinski definition) is 3. The molecule has 15 heavy (non-hydrogen) atoms. The second-order valence-electron chi connectivity index (χ2n) is 5.26. The first-order valence-electron chi connectivity index (χ1n) is 5.57. The Morgan fingerprint density at radius 3 is 2.47 bits per heavy atom. The fourth-order valence-electron chi connectivity index (χ4n) is 2.29.